The number of benzene rings is 2. The Morgan fingerprint density at radius 3 is 2.49 bits per heavy atom. The molecule has 5 rings (SSSR count). The number of aliphatic hydroxyl groups excluding tert-OH is 1. The molecule has 0 bridgehead atoms. The number of methoxy groups -OCH3 is 1. The molecule has 192 valence electrons. The molecule has 0 spiro atoms. The van der Waals surface area contributed by atoms with Gasteiger partial charge >= 0.3 is 0 Å². The van der Waals surface area contributed by atoms with E-state index >= 15 is 0 Å². The summed E-state index contributed by atoms with van der Waals surface area (Å²) in [6.45, 7) is -0.421. The van der Waals surface area contributed by atoms with Gasteiger partial charge in [0, 0.05) is 18.4 Å². The number of aromatic nitrogens is 1. The Morgan fingerprint density at radius 1 is 1.16 bits per heavy atom. The number of fused-ring (bicyclic) bond motifs is 3. The largest absolute Gasteiger partial charge is 0.495 e. The Morgan fingerprint density at radius 2 is 1.86 bits per heavy atom. The van der Waals surface area contributed by atoms with E-state index in [-0.39, 0.29) is 23.6 Å². The molecule has 0 saturated heterocycles. The van der Waals surface area contributed by atoms with Gasteiger partial charge in [0.25, 0.3) is 6.43 Å². The predicted octanol–water partition coefficient (Wildman–Crippen LogP) is 3.41. The molecule has 5 atom stereocenters. The third-order valence-electron chi connectivity index (χ3n) is 7.59. The van der Waals surface area contributed by atoms with Gasteiger partial charge in [-0.3, -0.25) is 4.98 Å². The summed E-state index contributed by atoms with van der Waals surface area (Å²) in [6.07, 6.45) is -1.08. The van der Waals surface area contributed by atoms with Crippen molar-refractivity contribution in [2.45, 2.75) is 29.6 Å². The molecule has 1 aliphatic carbocycles. The maximum absolute atomic E-state index is 13.3. The molecule has 1 saturated carbocycles. The first kappa shape index (κ1) is 25.1. The molecule has 0 unspecified atom stereocenters. The van der Waals surface area contributed by atoms with Gasteiger partial charge in [-0.25, -0.2) is 8.78 Å². The fraction of sp³-hybridized carbons (Fsp3) is 0.357. The second kappa shape index (κ2) is 9.38. The van der Waals surface area contributed by atoms with Gasteiger partial charge < -0.3 is 24.6 Å². The Balaban J connectivity index is 1.79. The predicted molar refractivity (Wildman–Crippen MR) is 130 cm³/mol. The van der Waals surface area contributed by atoms with E-state index < -0.39 is 42.1 Å². The zero-order valence-electron chi connectivity index (χ0n) is 20.4. The van der Waals surface area contributed by atoms with Gasteiger partial charge in [0.15, 0.2) is 11.2 Å². The minimum atomic E-state index is -2.56. The highest BCUT2D eigenvalue weighted by Gasteiger charge is 2.76. The van der Waals surface area contributed by atoms with E-state index in [1.165, 1.54) is 24.4 Å². The lowest BCUT2D eigenvalue weighted by Gasteiger charge is -2.41. The van der Waals surface area contributed by atoms with Crippen molar-refractivity contribution in [3.63, 3.8) is 0 Å². The molecule has 9 heteroatoms. The quantitative estimate of drug-likeness (QED) is 0.506. The number of rotatable bonds is 7. The van der Waals surface area contributed by atoms with Crippen molar-refractivity contribution in [3.05, 3.63) is 89.2 Å². The summed E-state index contributed by atoms with van der Waals surface area (Å²) in [5.74, 6) is -0.884. The summed E-state index contributed by atoms with van der Waals surface area (Å²) >= 11 is 0. The summed E-state index contributed by atoms with van der Waals surface area (Å²) in [5.41, 5.74) is -1.64. The van der Waals surface area contributed by atoms with E-state index in [2.05, 4.69) is 11.1 Å². The van der Waals surface area contributed by atoms with Gasteiger partial charge in [-0.05, 0) is 30.3 Å². The number of hydrogen-bond donors (Lipinski definition) is 2. The number of alkyl halides is 2. The number of ether oxygens (including phenoxy) is 2. The van der Waals surface area contributed by atoms with Crippen LogP contribution in [0.25, 0.3) is 0 Å². The van der Waals surface area contributed by atoms with Crippen LogP contribution in [-0.2, 0) is 11.2 Å². The Hall–Kier alpha value is -3.58. The topological polar surface area (TPSA) is 98.8 Å². The summed E-state index contributed by atoms with van der Waals surface area (Å²) in [4.78, 5) is 5.64. The molecular formula is C28H27F2N3O4. The summed E-state index contributed by atoms with van der Waals surface area (Å²) in [6, 6.07) is 18.0. The minimum Gasteiger partial charge on any atom is -0.495 e. The number of pyridine rings is 1. The number of aliphatic hydroxyl groups is 2. The average molecular weight is 508 g/mol. The summed E-state index contributed by atoms with van der Waals surface area (Å²) in [7, 11) is 3.00. The third kappa shape index (κ3) is 3.67. The highest BCUT2D eigenvalue weighted by molar-refractivity contribution is 5.59. The first-order chi connectivity index (χ1) is 17.8. The van der Waals surface area contributed by atoms with Gasteiger partial charge in [0.05, 0.1) is 49.3 Å². The van der Waals surface area contributed by atoms with Crippen molar-refractivity contribution in [1.82, 2.24) is 9.88 Å². The van der Waals surface area contributed by atoms with Crippen LogP contribution in [0.5, 0.6) is 11.5 Å². The summed E-state index contributed by atoms with van der Waals surface area (Å²) < 4.78 is 38.7. The molecular weight excluding hydrogens is 480 g/mol. The van der Waals surface area contributed by atoms with Crippen LogP contribution in [0.2, 0.25) is 0 Å². The number of nitrogens with zero attached hydrogens (tertiary/aromatic N) is 3. The Kier molecular flexibility index (Phi) is 6.36. The molecule has 0 radical (unpaired) electrons. The van der Waals surface area contributed by atoms with E-state index in [9.17, 15) is 24.3 Å². The molecule has 2 heterocycles. The molecule has 7 nitrogen and oxygen atoms in total. The Bertz CT molecular complexity index is 1320. The zero-order chi connectivity index (χ0) is 26.4. The van der Waals surface area contributed by atoms with Crippen LogP contribution < -0.4 is 9.47 Å². The average Bonchev–Trinajstić information content (AvgIpc) is 3.27. The molecule has 1 fully saturated rings. The lowest BCUT2D eigenvalue weighted by atomic mass is 9.70. The van der Waals surface area contributed by atoms with Crippen LogP contribution in [0.3, 0.4) is 0 Å². The molecule has 2 aromatic carbocycles. The van der Waals surface area contributed by atoms with E-state index in [4.69, 9.17) is 9.47 Å². The van der Waals surface area contributed by atoms with Gasteiger partial charge in [-0.2, -0.15) is 5.26 Å². The van der Waals surface area contributed by atoms with Crippen molar-refractivity contribution in [1.29, 1.82) is 5.26 Å². The first-order valence-corrected chi connectivity index (χ1v) is 11.9. The highest BCUT2D eigenvalue weighted by atomic mass is 19.3. The van der Waals surface area contributed by atoms with E-state index in [1.54, 1.807) is 31.3 Å². The minimum absolute atomic E-state index is 0.0670. The smallest absolute Gasteiger partial charge is 0.251 e. The summed E-state index contributed by atoms with van der Waals surface area (Å²) in [5, 5.41) is 34.0. The van der Waals surface area contributed by atoms with Gasteiger partial charge in [0.1, 0.15) is 11.5 Å². The second-order valence-electron chi connectivity index (χ2n) is 9.62. The van der Waals surface area contributed by atoms with E-state index in [0.29, 0.717) is 11.1 Å². The van der Waals surface area contributed by atoms with Crippen LogP contribution in [0.15, 0.2) is 67.0 Å². The molecule has 3 aromatic rings. The third-order valence-corrected chi connectivity index (χ3v) is 7.59. The molecule has 1 aromatic heterocycles. The lowest BCUT2D eigenvalue weighted by Crippen LogP contribution is -2.52. The highest BCUT2D eigenvalue weighted by Crippen LogP contribution is 2.69. The molecule has 0 amide bonds. The van der Waals surface area contributed by atoms with Crippen molar-refractivity contribution in [2.75, 3.05) is 27.2 Å². The molecule has 37 heavy (non-hydrogen) atoms. The van der Waals surface area contributed by atoms with Crippen LogP contribution in [0.4, 0.5) is 8.78 Å². The first-order valence-electron chi connectivity index (χ1n) is 11.9. The number of halogens is 2. The van der Waals surface area contributed by atoms with Crippen molar-refractivity contribution in [3.8, 4) is 17.6 Å². The normalized spacial score (nSPS) is 28.0. The maximum Gasteiger partial charge on any atom is 0.251 e. The van der Waals surface area contributed by atoms with Crippen molar-refractivity contribution >= 4 is 0 Å². The van der Waals surface area contributed by atoms with Gasteiger partial charge in [0.2, 0.25) is 0 Å². The van der Waals surface area contributed by atoms with Gasteiger partial charge in [-0.15, -0.1) is 0 Å². The van der Waals surface area contributed by atoms with E-state index in [1.807, 2.05) is 30.3 Å². The van der Waals surface area contributed by atoms with E-state index in [0.717, 1.165) is 5.56 Å². The molecule has 2 N–H and O–H groups in total. The van der Waals surface area contributed by atoms with Crippen LogP contribution in [0.1, 0.15) is 28.2 Å². The molecule has 2 aliphatic rings. The fourth-order valence-electron chi connectivity index (χ4n) is 6.20. The Labute approximate surface area is 213 Å². The van der Waals surface area contributed by atoms with Gasteiger partial charge in [-0.1, -0.05) is 42.5 Å². The SMILES string of the molecule is COc1cncc2c1[C@]1(O)[C@H](O)[C@H](CN(C)CC(F)F)[C@@H](c3ccccc3)[C@]1(c1ccc(C#N)cc1)O2. The van der Waals surface area contributed by atoms with Crippen LogP contribution >= 0.6 is 0 Å². The van der Waals surface area contributed by atoms with Crippen LogP contribution in [-0.4, -0.2) is 59.9 Å². The monoisotopic (exact) mass is 507 g/mol. The van der Waals surface area contributed by atoms with Crippen molar-refractivity contribution in [2.24, 2.45) is 5.92 Å². The second-order valence-corrected chi connectivity index (χ2v) is 9.62. The maximum atomic E-state index is 13.3. The number of nitriles is 1. The fourth-order valence-corrected chi connectivity index (χ4v) is 6.20. The standard InChI is InChI=1S/C28H27F2N3O4/c1-33(16-23(29)30)15-20-24(18-6-4-3-5-7-18)28(19-10-8-17(12-31)9-11-19)27(35,26(20)34)25-21(36-2)13-32-14-22(25)37-28/h3-11,13-14,20,23-24,26,34-35H,15-16H2,1-2H3/t20-,24-,26-,27+,28+/m1/s1. The van der Waals surface area contributed by atoms with Crippen molar-refractivity contribution < 1.29 is 28.5 Å². The number of hydrogen-bond acceptors (Lipinski definition) is 7. The zero-order valence-corrected chi connectivity index (χ0v) is 20.4. The van der Waals surface area contributed by atoms with Crippen LogP contribution in [0, 0.1) is 17.2 Å². The lowest BCUT2D eigenvalue weighted by molar-refractivity contribution is -0.152. The molecule has 1 aliphatic heterocycles.